The number of amides is 1. The van der Waals surface area contributed by atoms with E-state index in [1.54, 1.807) is 21.7 Å². The van der Waals surface area contributed by atoms with E-state index in [0.717, 1.165) is 5.56 Å². The lowest BCUT2D eigenvalue weighted by Crippen LogP contribution is -2.52. The summed E-state index contributed by atoms with van der Waals surface area (Å²) in [4.78, 5) is 21.5. The van der Waals surface area contributed by atoms with Crippen LogP contribution < -0.4 is 4.90 Å². The van der Waals surface area contributed by atoms with Crippen LogP contribution in [0.4, 0.5) is 10.6 Å². The van der Waals surface area contributed by atoms with Crippen LogP contribution in [-0.4, -0.2) is 67.4 Å². The Morgan fingerprint density at radius 2 is 1.79 bits per heavy atom. The minimum absolute atomic E-state index is 0.179. The van der Waals surface area contributed by atoms with Gasteiger partial charge >= 0.3 is 6.09 Å². The van der Waals surface area contributed by atoms with E-state index in [4.69, 9.17) is 21.1 Å². The number of fused-ring (bicyclic) bond motifs is 1. The average molecular weight is 496 g/mol. The molecule has 1 amide bonds. The molecule has 1 aliphatic heterocycles. The number of aliphatic hydroxyl groups excluding tert-OH is 1. The highest BCUT2D eigenvalue weighted by atomic mass is 35.5. The lowest BCUT2D eigenvalue weighted by molar-refractivity contribution is -0.242. The van der Waals surface area contributed by atoms with E-state index in [-0.39, 0.29) is 17.1 Å². The van der Waals surface area contributed by atoms with Crippen molar-refractivity contribution in [3.8, 4) is 0 Å². The van der Waals surface area contributed by atoms with Crippen LogP contribution in [0.1, 0.15) is 79.7 Å². The van der Waals surface area contributed by atoms with Gasteiger partial charge in [0.1, 0.15) is 16.6 Å². The Hall–Kier alpha value is -1.94. The molecule has 0 spiro atoms. The molecule has 0 aliphatic carbocycles. The lowest BCUT2D eigenvalue weighted by atomic mass is 10.0. The van der Waals surface area contributed by atoms with Crippen LogP contribution >= 0.6 is 11.6 Å². The molecule has 1 N–H and O–H groups in total. The molecule has 0 bridgehead atoms. The van der Waals surface area contributed by atoms with E-state index in [2.05, 4.69) is 23.9 Å². The van der Waals surface area contributed by atoms with Gasteiger partial charge in [-0.15, -0.1) is 0 Å². The Balaban J connectivity index is 1.95. The molecule has 2 aromatic rings. The van der Waals surface area contributed by atoms with Crippen molar-refractivity contribution in [1.82, 2.24) is 19.5 Å². The van der Waals surface area contributed by atoms with Crippen LogP contribution in [0.3, 0.4) is 0 Å². The van der Waals surface area contributed by atoms with Crippen molar-refractivity contribution in [3.63, 3.8) is 0 Å². The number of piperidine rings is 1. The van der Waals surface area contributed by atoms with Crippen LogP contribution in [0.15, 0.2) is 12.3 Å². The van der Waals surface area contributed by atoms with E-state index in [0.29, 0.717) is 37.4 Å². The molecular weight excluding hydrogens is 458 g/mol. The van der Waals surface area contributed by atoms with E-state index in [1.807, 2.05) is 46.4 Å². The van der Waals surface area contributed by atoms with Crippen LogP contribution in [-0.2, 0) is 9.47 Å². The third kappa shape index (κ3) is 6.38. The summed E-state index contributed by atoms with van der Waals surface area (Å²) in [5, 5.41) is 15.3. The highest BCUT2D eigenvalue weighted by Crippen LogP contribution is 2.31. The van der Waals surface area contributed by atoms with Crippen LogP contribution in [0.5, 0.6) is 0 Å². The van der Waals surface area contributed by atoms with Crippen molar-refractivity contribution >= 4 is 29.2 Å². The molecule has 1 fully saturated rings. The number of carbonyl (C=O) groups is 1. The second-order valence-electron chi connectivity index (χ2n) is 11.1. The first-order chi connectivity index (χ1) is 15.7. The number of halogens is 1. The number of hydrogen-bond acceptors (Lipinski definition) is 7. The fraction of sp³-hybridized carbons (Fsp3) is 0.708. The Kier molecular flexibility index (Phi) is 7.82. The highest BCUT2D eigenvalue weighted by molar-refractivity contribution is 6.29. The molecule has 0 aromatic carbocycles. The van der Waals surface area contributed by atoms with Gasteiger partial charge in [-0.05, 0) is 60.3 Å². The third-order valence-electron chi connectivity index (χ3n) is 5.54. The van der Waals surface area contributed by atoms with Crippen molar-refractivity contribution in [2.45, 2.75) is 97.8 Å². The fourth-order valence-corrected chi connectivity index (χ4v) is 4.19. The predicted octanol–water partition coefficient (Wildman–Crippen LogP) is 4.80. The highest BCUT2D eigenvalue weighted by Gasteiger charge is 2.36. The van der Waals surface area contributed by atoms with Crippen LogP contribution in [0.2, 0.25) is 5.15 Å². The summed E-state index contributed by atoms with van der Waals surface area (Å²) in [5.41, 5.74) is 0.435. The van der Waals surface area contributed by atoms with Gasteiger partial charge in [0.25, 0.3) is 0 Å². The average Bonchev–Trinajstić information content (AvgIpc) is 3.10. The fourth-order valence-electron chi connectivity index (χ4n) is 4.01. The largest absolute Gasteiger partial charge is 0.443 e. The van der Waals surface area contributed by atoms with Crippen LogP contribution in [0.25, 0.3) is 5.65 Å². The van der Waals surface area contributed by atoms with E-state index < -0.39 is 23.7 Å². The molecule has 1 unspecified atom stereocenters. The Labute approximate surface area is 207 Å². The molecule has 1 saturated heterocycles. The van der Waals surface area contributed by atoms with Gasteiger partial charge in [0, 0.05) is 30.8 Å². The maximum Gasteiger partial charge on any atom is 0.416 e. The number of anilines is 1. The third-order valence-corrected chi connectivity index (χ3v) is 5.74. The molecule has 3 rings (SSSR count). The summed E-state index contributed by atoms with van der Waals surface area (Å²) in [7, 11) is 0. The number of carbonyl (C=O) groups excluding carboxylic acids is 1. The minimum atomic E-state index is -1.00. The molecule has 10 heteroatoms. The molecule has 34 heavy (non-hydrogen) atoms. The number of hydrogen-bond donors (Lipinski definition) is 1. The molecule has 9 nitrogen and oxygen atoms in total. The summed E-state index contributed by atoms with van der Waals surface area (Å²) in [6.45, 7) is 16.5. The maximum absolute atomic E-state index is 13.5. The zero-order valence-electron chi connectivity index (χ0n) is 21.5. The second kappa shape index (κ2) is 9.97. The molecule has 3 heterocycles. The number of ether oxygens (including phenoxy) is 2. The van der Waals surface area contributed by atoms with Gasteiger partial charge in [-0.3, -0.25) is 9.80 Å². The minimum Gasteiger partial charge on any atom is -0.443 e. The zero-order chi connectivity index (χ0) is 25.4. The molecule has 1 aliphatic rings. The Bertz CT molecular complexity index is 1000. The SMILES string of the molecule is CC(C)c1cnn2c(N(C(=O)OC(C)(C)C)C3CCN(C(O)OC(C)(C)C)CC3)cc(Cl)nc12. The maximum atomic E-state index is 13.5. The smallest absolute Gasteiger partial charge is 0.416 e. The van der Waals surface area contributed by atoms with Crippen molar-refractivity contribution in [1.29, 1.82) is 0 Å². The van der Waals surface area contributed by atoms with Gasteiger partial charge < -0.3 is 14.6 Å². The summed E-state index contributed by atoms with van der Waals surface area (Å²) in [5.74, 6) is 0.708. The number of aromatic nitrogens is 3. The first kappa shape index (κ1) is 26.7. The molecule has 0 radical (unpaired) electrons. The molecule has 0 saturated carbocycles. The summed E-state index contributed by atoms with van der Waals surface area (Å²) in [6, 6.07) is 1.47. The summed E-state index contributed by atoms with van der Waals surface area (Å²) < 4.78 is 13.2. The normalized spacial score (nSPS) is 17.4. The first-order valence-electron chi connectivity index (χ1n) is 11.8. The first-order valence-corrected chi connectivity index (χ1v) is 12.2. The molecule has 1 atom stereocenters. The van der Waals surface area contributed by atoms with Crippen molar-refractivity contribution in [2.24, 2.45) is 0 Å². The van der Waals surface area contributed by atoms with Crippen LogP contribution in [0, 0.1) is 0 Å². The van der Waals surface area contributed by atoms with E-state index in [1.165, 1.54) is 0 Å². The molecular formula is C24H38ClN5O4. The monoisotopic (exact) mass is 495 g/mol. The van der Waals surface area contributed by atoms with Crippen molar-refractivity contribution in [2.75, 3.05) is 18.0 Å². The lowest BCUT2D eigenvalue weighted by Gasteiger charge is -2.41. The van der Waals surface area contributed by atoms with Gasteiger partial charge in [-0.2, -0.15) is 9.61 Å². The second-order valence-corrected chi connectivity index (χ2v) is 11.5. The van der Waals surface area contributed by atoms with Gasteiger partial charge in [0.2, 0.25) is 6.41 Å². The van der Waals surface area contributed by atoms with Gasteiger partial charge in [-0.25, -0.2) is 9.78 Å². The van der Waals surface area contributed by atoms with Gasteiger partial charge in [0.05, 0.1) is 11.8 Å². The zero-order valence-corrected chi connectivity index (χ0v) is 22.3. The topological polar surface area (TPSA) is 92.4 Å². The summed E-state index contributed by atoms with van der Waals surface area (Å²) in [6.07, 6.45) is 1.52. The van der Waals surface area contributed by atoms with Gasteiger partial charge in [-0.1, -0.05) is 25.4 Å². The quantitative estimate of drug-likeness (QED) is 0.470. The number of aliphatic hydroxyl groups is 1. The number of rotatable bonds is 5. The molecule has 2 aromatic heterocycles. The van der Waals surface area contributed by atoms with E-state index in [9.17, 15) is 9.90 Å². The number of nitrogens with zero attached hydrogens (tertiary/aromatic N) is 5. The predicted molar refractivity (Wildman–Crippen MR) is 132 cm³/mol. The summed E-state index contributed by atoms with van der Waals surface area (Å²) >= 11 is 6.42. The van der Waals surface area contributed by atoms with Gasteiger partial charge in [0.15, 0.2) is 5.65 Å². The number of likely N-dealkylation sites (tertiary alicyclic amines) is 1. The Morgan fingerprint density at radius 3 is 2.32 bits per heavy atom. The van der Waals surface area contributed by atoms with E-state index >= 15 is 0 Å². The van der Waals surface area contributed by atoms with Crippen molar-refractivity contribution < 1.29 is 19.4 Å². The van der Waals surface area contributed by atoms with Crippen molar-refractivity contribution in [3.05, 3.63) is 23.0 Å². The standard InChI is InChI=1S/C24H38ClN5O4/c1-15(2)17-14-26-30-19(13-18(25)27-20(17)30)29(22(32)34-24(6,7)8)16-9-11-28(12-10-16)21(31)33-23(3,4)5/h13-16,21,31H,9-12H2,1-8H3. The Morgan fingerprint density at radius 1 is 1.18 bits per heavy atom. The molecule has 190 valence electrons.